The van der Waals surface area contributed by atoms with E-state index in [1.165, 1.54) is 15.9 Å². The van der Waals surface area contributed by atoms with Crippen molar-refractivity contribution in [3.63, 3.8) is 0 Å². The van der Waals surface area contributed by atoms with Crippen LogP contribution in [0.15, 0.2) is 69.2 Å². The maximum absolute atomic E-state index is 12.2. The molecule has 0 aliphatic heterocycles. The Morgan fingerprint density at radius 3 is 2.62 bits per heavy atom. The van der Waals surface area contributed by atoms with Gasteiger partial charge in [-0.3, -0.25) is 14.2 Å². The van der Waals surface area contributed by atoms with E-state index in [0.717, 1.165) is 16.7 Å². The van der Waals surface area contributed by atoms with Crippen LogP contribution in [-0.4, -0.2) is 29.0 Å². The molecule has 0 fully saturated rings. The summed E-state index contributed by atoms with van der Waals surface area (Å²) in [6.45, 7) is 0.196. The van der Waals surface area contributed by atoms with Gasteiger partial charge in [0.1, 0.15) is 6.04 Å². The van der Waals surface area contributed by atoms with Crippen LogP contribution in [0.3, 0.4) is 0 Å². The number of fused-ring (bicyclic) bond motifs is 1. The molecule has 0 radical (unpaired) electrons. The highest BCUT2D eigenvalue weighted by atomic mass is 32.1. The van der Waals surface area contributed by atoms with Crippen LogP contribution in [0.4, 0.5) is 0 Å². The van der Waals surface area contributed by atoms with Crippen LogP contribution >= 0.6 is 11.3 Å². The summed E-state index contributed by atoms with van der Waals surface area (Å²) in [6, 6.07) is 18.2. The number of nitrogens with one attached hydrogen (secondary N) is 2. The smallest absolute Gasteiger partial charge is 0.408 e. The third-order valence-electron chi connectivity index (χ3n) is 5.39. The first-order chi connectivity index (χ1) is 16.4. The van der Waals surface area contributed by atoms with Crippen molar-refractivity contribution in [1.82, 2.24) is 15.2 Å². The third kappa shape index (κ3) is 5.24. The Morgan fingerprint density at radius 2 is 1.91 bits per heavy atom. The second kappa shape index (κ2) is 10.2. The van der Waals surface area contributed by atoms with E-state index in [1.807, 2.05) is 41.8 Å². The van der Waals surface area contributed by atoms with Crippen LogP contribution in [0.25, 0.3) is 22.2 Å². The van der Waals surface area contributed by atoms with Gasteiger partial charge in [-0.25, -0.2) is 4.79 Å². The number of carbonyl (C=O) groups excluding carboxylic acids is 2. The third-order valence-corrected chi connectivity index (χ3v) is 6.26. The van der Waals surface area contributed by atoms with Crippen molar-refractivity contribution in [2.24, 2.45) is 7.05 Å². The van der Waals surface area contributed by atoms with Gasteiger partial charge in [-0.05, 0) is 40.3 Å². The normalized spacial score (nSPS) is 11.6. The van der Waals surface area contributed by atoms with Crippen molar-refractivity contribution in [1.29, 1.82) is 5.26 Å². The van der Waals surface area contributed by atoms with Crippen molar-refractivity contribution in [3.8, 4) is 17.2 Å². The molecule has 0 bridgehead atoms. The molecule has 0 saturated carbocycles. The molecule has 0 unspecified atom stereocenters. The van der Waals surface area contributed by atoms with Gasteiger partial charge >= 0.3 is 5.76 Å². The second-order valence-electron chi connectivity index (χ2n) is 7.74. The molecule has 2 aromatic carbocycles. The number of aryl methyl sites for hydroxylation is 1. The first kappa shape index (κ1) is 23.0. The molecule has 0 saturated heterocycles. The number of nitrogens with zero attached hydrogens (tertiary/aromatic N) is 2. The highest BCUT2D eigenvalue weighted by Crippen LogP contribution is 2.24. The van der Waals surface area contributed by atoms with Gasteiger partial charge in [0.05, 0.1) is 16.5 Å². The topological polar surface area (TPSA) is 117 Å². The average Bonchev–Trinajstić information content (AvgIpc) is 3.48. The molecular formula is C25H22N4O4S. The second-order valence-corrected chi connectivity index (χ2v) is 8.69. The predicted octanol–water partition coefficient (Wildman–Crippen LogP) is 3.23. The quantitative estimate of drug-likeness (QED) is 0.407. The summed E-state index contributed by atoms with van der Waals surface area (Å²) in [5.74, 6) is -0.917. The van der Waals surface area contributed by atoms with Gasteiger partial charge in [0, 0.05) is 26.4 Å². The number of nitriles is 1. The Bertz CT molecular complexity index is 1410. The Labute approximate surface area is 199 Å². The molecule has 4 aromatic rings. The van der Waals surface area contributed by atoms with Gasteiger partial charge in [0.15, 0.2) is 5.58 Å². The Kier molecular flexibility index (Phi) is 6.90. The van der Waals surface area contributed by atoms with Crippen LogP contribution in [-0.2, 0) is 18.3 Å². The monoisotopic (exact) mass is 474 g/mol. The van der Waals surface area contributed by atoms with Gasteiger partial charge in [-0.15, -0.1) is 11.3 Å². The first-order valence-electron chi connectivity index (χ1n) is 10.6. The molecule has 34 heavy (non-hydrogen) atoms. The summed E-state index contributed by atoms with van der Waals surface area (Å²) >= 11 is 1.33. The summed E-state index contributed by atoms with van der Waals surface area (Å²) in [5, 5.41) is 16.7. The number of rotatable bonds is 8. The number of hydrogen-bond acceptors (Lipinski definition) is 6. The zero-order chi connectivity index (χ0) is 24.1. The molecule has 0 aliphatic carbocycles. The average molecular weight is 475 g/mol. The molecule has 8 nitrogen and oxygen atoms in total. The fraction of sp³-hybridized carbons (Fsp3) is 0.200. The van der Waals surface area contributed by atoms with Crippen LogP contribution < -0.4 is 16.4 Å². The molecule has 9 heteroatoms. The minimum Gasteiger partial charge on any atom is -0.408 e. The lowest BCUT2D eigenvalue weighted by Crippen LogP contribution is -2.37. The van der Waals surface area contributed by atoms with Gasteiger partial charge in [-0.2, -0.15) is 5.26 Å². The molecule has 172 valence electrons. The molecule has 2 N–H and O–H groups in total. The van der Waals surface area contributed by atoms with E-state index < -0.39 is 11.8 Å². The number of aromatic nitrogens is 1. The number of amides is 2. The zero-order valence-corrected chi connectivity index (χ0v) is 19.2. The van der Waals surface area contributed by atoms with Crippen LogP contribution in [0, 0.1) is 11.3 Å². The standard InChI is InChI=1S/C25H22N4O4S/c1-29-20-14-18(8-9-21(20)33-25(29)32)17-6-4-16(5-7-17)13-19(15-26)28-23(30)10-11-27-24(31)22-3-2-12-34-22/h2-9,12,14,19H,10-11,13H2,1H3,(H,27,31)(H,28,30)/t19-/m0/s1. The van der Waals surface area contributed by atoms with E-state index >= 15 is 0 Å². The van der Waals surface area contributed by atoms with Crippen molar-refractivity contribution in [2.75, 3.05) is 6.54 Å². The summed E-state index contributed by atoms with van der Waals surface area (Å²) in [6.07, 6.45) is 0.451. The van der Waals surface area contributed by atoms with Gasteiger partial charge in [-0.1, -0.05) is 36.4 Å². The molecule has 1 atom stereocenters. The Morgan fingerprint density at radius 1 is 1.15 bits per heavy atom. The number of hydrogen-bond donors (Lipinski definition) is 2. The molecule has 2 aromatic heterocycles. The van der Waals surface area contributed by atoms with Gasteiger partial charge in [0.2, 0.25) is 5.91 Å². The molecule has 2 amide bonds. The van der Waals surface area contributed by atoms with Crippen LogP contribution in [0.5, 0.6) is 0 Å². The highest BCUT2D eigenvalue weighted by molar-refractivity contribution is 7.12. The Balaban J connectivity index is 1.32. The number of benzene rings is 2. The Hall–Kier alpha value is -4.16. The maximum atomic E-state index is 12.2. The molecule has 0 aliphatic rings. The maximum Gasteiger partial charge on any atom is 0.419 e. The number of oxazole rings is 1. The lowest BCUT2D eigenvalue weighted by molar-refractivity contribution is -0.121. The van der Waals surface area contributed by atoms with Crippen LogP contribution in [0.1, 0.15) is 21.7 Å². The summed E-state index contributed by atoms with van der Waals surface area (Å²) in [4.78, 5) is 36.4. The van der Waals surface area contributed by atoms with E-state index in [9.17, 15) is 19.6 Å². The van der Waals surface area contributed by atoms with Crippen molar-refractivity contribution in [2.45, 2.75) is 18.9 Å². The van der Waals surface area contributed by atoms with Gasteiger partial charge in [0.25, 0.3) is 5.91 Å². The van der Waals surface area contributed by atoms with Crippen molar-refractivity contribution in [3.05, 3.63) is 81.0 Å². The SMILES string of the molecule is Cn1c(=O)oc2ccc(-c3ccc(C[C@@H](C#N)NC(=O)CCNC(=O)c4cccs4)cc3)cc21. The highest BCUT2D eigenvalue weighted by Gasteiger charge is 2.14. The number of carbonyl (C=O) groups is 2. The molecule has 2 heterocycles. The van der Waals surface area contributed by atoms with Crippen LogP contribution in [0.2, 0.25) is 0 Å². The summed E-state index contributed by atoms with van der Waals surface area (Å²) in [5.41, 5.74) is 4.04. The molecule has 0 spiro atoms. The van der Waals surface area contributed by atoms with Gasteiger partial charge < -0.3 is 15.1 Å². The van der Waals surface area contributed by atoms with E-state index in [4.69, 9.17) is 4.42 Å². The number of thiophene rings is 1. The summed E-state index contributed by atoms with van der Waals surface area (Å²) < 4.78 is 6.63. The van der Waals surface area contributed by atoms with Crippen molar-refractivity contribution >= 4 is 34.3 Å². The summed E-state index contributed by atoms with van der Waals surface area (Å²) in [7, 11) is 1.66. The molecular weight excluding hydrogens is 452 g/mol. The lowest BCUT2D eigenvalue weighted by atomic mass is 10.0. The fourth-order valence-electron chi connectivity index (χ4n) is 3.56. The van der Waals surface area contributed by atoms with E-state index in [-0.39, 0.29) is 24.8 Å². The minimum atomic E-state index is -0.678. The first-order valence-corrected chi connectivity index (χ1v) is 11.5. The minimum absolute atomic E-state index is 0.0905. The molecule has 4 rings (SSSR count). The lowest BCUT2D eigenvalue weighted by Gasteiger charge is -2.12. The van der Waals surface area contributed by atoms with E-state index in [0.29, 0.717) is 22.4 Å². The zero-order valence-electron chi connectivity index (χ0n) is 18.4. The largest absolute Gasteiger partial charge is 0.419 e. The van der Waals surface area contributed by atoms with E-state index in [1.54, 1.807) is 25.2 Å². The van der Waals surface area contributed by atoms with E-state index in [2.05, 4.69) is 16.7 Å². The predicted molar refractivity (Wildman–Crippen MR) is 129 cm³/mol. The van der Waals surface area contributed by atoms with Crippen molar-refractivity contribution < 1.29 is 14.0 Å². The fourth-order valence-corrected chi connectivity index (χ4v) is 4.20.